The van der Waals surface area contributed by atoms with Crippen LogP contribution >= 0.6 is 0 Å². The lowest BCUT2D eigenvalue weighted by Crippen LogP contribution is -2.38. The molecule has 0 radical (unpaired) electrons. The van der Waals surface area contributed by atoms with Crippen molar-refractivity contribution < 1.29 is 9.50 Å². The summed E-state index contributed by atoms with van der Waals surface area (Å²) in [4.78, 5) is 11.7. The molecular formula is C12H19FN4O. The highest BCUT2D eigenvalue weighted by Gasteiger charge is 2.33. The standard InChI is InChI=1S/C12H19FN4O/c1-8-11(13)12(15-7-14-8)17-6-10(18)4-9(17)5-16(2)3/h7,9-10,18H,4-6H2,1-3H3. The van der Waals surface area contributed by atoms with Crippen molar-refractivity contribution in [2.45, 2.75) is 25.5 Å². The van der Waals surface area contributed by atoms with E-state index in [-0.39, 0.29) is 6.04 Å². The molecule has 0 aromatic carbocycles. The summed E-state index contributed by atoms with van der Waals surface area (Å²) in [6.45, 7) is 2.80. The molecule has 1 aliphatic heterocycles. The smallest absolute Gasteiger partial charge is 0.186 e. The van der Waals surface area contributed by atoms with Crippen LogP contribution in [0.25, 0.3) is 0 Å². The van der Waals surface area contributed by atoms with Crippen LogP contribution in [0.3, 0.4) is 0 Å². The van der Waals surface area contributed by atoms with Gasteiger partial charge in [-0.1, -0.05) is 0 Å². The Balaban J connectivity index is 2.27. The molecule has 0 aliphatic carbocycles. The van der Waals surface area contributed by atoms with Gasteiger partial charge in [-0.15, -0.1) is 0 Å². The predicted octanol–water partition coefficient (Wildman–Crippen LogP) is 0.425. The van der Waals surface area contributed by atoms with Gasteiger partial charge in [-0.05, 0) is 27.4 Å². The van der Waals surface area contributed by atoms with E-state index in [1.807, 2.05) is 23.9 Å². The number of aryl methyl sites for hydroxylation is 1. The van der Waals surface area contributed by atoms with Crippen molar-refractivity contribution in [2.24, 2.45) is 0 Å². The number of halogens is 1. The third-order valence-corrected chi connectivity index (χ3v) is 3.19. The van der Waals surface area contributed by atoms with Crippen LogP contribution in [-0.2, 0) is 0 Å². The third kappa shape index (κ3) is 2.59. The number of anilines is 1. The lowest BCUT2D eigenvalue weighted by Gasteiger charge is -2.27. The summed E-state index contributed by atoms with van der Waals surface area (Å²) in [5.41, 5.74) is 0.338. The van der Waals surface area contributed by atoms with E-state index in [2.05, 4.69) is 9.97 Å². The Labute approximate surface area is 106 Å². The van der Waals surface area contributed by atoms with E-state index < -0.39 is 11.9 Å². The molecule has 0 spiro atoms. The van der Waals surface area contributed by atoms with Crippen molar-refractivity contribution in [1.29, 1.82) is 0 Å². The van der Waals surface area contributed by atoms with Crippen molar-refractivity contribution in [3.8, 4) is 0 Å². The van der Waals surface area contributed by atoms with E-state index in [4.69, 9.17) is 0 Å². The molecule has 2 atom stereocenters. The Kier molecular flexibility index (Phi) is 3.77. The van der Waals surface area contributed by atoms with Gasteiger partial charge in [0.05, 0.1) is 11.8 Å². The normalized spacial score (nSPS) is 24.0. The number of aliphatic hydroxyl groups is 1. The molecular weight excluding hydrogens is 235 g/mol. The molecule has 0 amide bonds. The van der Waals surface area contributed by atoms with E-state index in [1.54, 1.807) is 6.92 Å². The maximum atomic E-state index is 14.0. The molecule has 1 aromatic heterocycles. The van der Waals surface area contributed by atoms with Crippen LogP contribution in [0, 0.1) is 12.7 Å². The fourth-order valence-corrected chi connectivity index (χ4v) is 2.39. The van der Waals surface area contributed by atoms with Gasteiger partial charge in [-0.2, -0.15) is 0 Å². The molecule has 5 nitrogen and oxygen atoms in total. The van der Waals surface area contributed by atoms with Crippen LogP contribution < -0.4 is 4.90 Å². The van der Waals surface area contributed by atoms with Crippen LogP contribution in [0.5, 0.6) is 0 Å². The van der Waals surface area contributed by atoms with Gasteiger partial charge in [0.15, 0.2) is 11.6 Å². The van der Waals surface area contributed by atoms with Gasteiger partial charge >= 0.3 is 0 Å². The van der Waals surface area contributed by atoms with Crippen LogP contribution in [0.2, 0.25) is 0 Å². The molecule has 1 N–H and O–H groups in total. The van der Waals surface area contributed by atoms with Gasteiger partial charge in [-0.3, -0.25) is 0 Å². The van der Waals surface area contributed by atoms with Gasteiger partial charge in [0, 0.05) is 19.1 Å². The van der Waals surface area contributed by atoms with Crippen molar-refractivity contribution in [3.63, 3.8) is 0 Å². The second-order valence-electron chi connectivity index (χ2n) is 5.05. The Bertz CT molecular complexity index is 427. The minimum Gasteiger partial charge on any atom is -0.391 e. The zero-order valence-electron chi connectivity index (χ0n) is 11.0. The lowest BCUT2D eigenvalue weighted by atomic mass is 10.2. The fourth-order valence-electron chi connectivity index (χ4n) is 2.39. The third-order valence-electron chi connectivity index (χ3n) is 3.19. The number of rotatable bonds is 3. The minimum absolute atomic E-state index is 0.0822. The van der Waals surface area contributed by atoms with Crippen molar-refractivity contribution in [1.82, 2.24) is 14.9 Å². The highest BCUT2D eigenvalue weighted by atomic mass is 19.1. The topological polar surface area (TPSA) is 52.5 Å². The first-order chi connectivity index (χ1) is 8.49. The summed E-state index contributed by atoms with van der Waals surface area (Å²) in [7, 11) is 3.93. The van der Waals surface area contributed by atoms with Crippen LogP contribution in [0.4, 0.5) is 10.2 Å². The Morgan fingerprint density at radius 3 is 2.89 bits per heavy atom. The number of hydrogen-bond acceptors (Lipinski definition) is 5. The van der Waals surface area contributed by atoms with Gasteiger partial charge in [0.25, 0.3) is 0 Å². The zero-order valence-corrected chi connectivity index (χ0v) is 11.0. The van der Waals surface area contributed by atoms with Crippen molar-refractivity contribution in [2.75, 3.05) is 32.1 Å². The van der Waals surface area contributed by atoms with Crippen molar-refractivity contribution >= 4 is 5.82 Å². The van der Waals surface area contributed by atoms with Gasteiger partial charge in [-0.25, -0.2) is 14.4 Å². The monoisotopic (exact) mass is 254 g/mol. The molecule has 0 bridgehead atoms. The van der Waals surface area contributed by atoms with E-state index in [0.717, 1.165) is 6.54 Å². The SMILES string of the molecule is Cc1ncnc(N2CC(O)CC2CN(C)C)c1F. The number of nitrogens with zero attached hydrogens (tertiary/aromatic N) is 4. The summed E-state index contributed by atoms with van der Waals surface area (Å²) in [5.74, 6) is -0.0961. The Morgan fingerprint density at radius 2 is 2.22 bits per heavy atom. The number of aliphatic hydroxyl groups excluding tert-OH is 1. The summed E-state index contributed by atoms with van der Waals surface area (Å²) in [6, 6.07) is 0.0822. The molecule has 2 heterocycles. The van der Waals surface area contributed by atoms with Crippen LogP contribution in [-0.4, -0.2) is 59.3 Å². The number of aromatic nitrogens is 2. The maximum Gasteiger partial charge on any atom is 0.186 e. The molecule has 1 aromatic rings. The van der Waals surface area contributed by atoms with Gasteiger partial charge in [0.2, 0.25) is 0 Å². The van der Waals surface area contributed by atoms with Crippen molar-refractivity contribution in [3.05, 3.63) is 17.8 Å². The summed E-state index contributed by atoms with van der Waals surface area (Å²) in [6.07, 6.45) is 1.58. The average molecular weight is 254 g/mol. The molecule has 1 aliphatic rings. The number of β-amino-alcohol motifs (C(OH)–C–C–N with tert-alkyl or cyclic N) is 1. The summed E-state index contributed by atoms with van der Waals surface area (Å²) >= 11 is 0. The van der Waals surface area contributed by atoms with Gasteiger partial charge in [0.1, 0.15) is 6.33 Å². The maximum absolute atomic E-state index is 14.0. The summed E-state index contributed by atoms with van der Waals surface area (Å²) in [5, 5.41) is 9.78. The highest BCUT2D eigenvalue weighted by molar-refractivity contribution is 5.44. The fraction of sp³-hybridized carbons (Fsp3) is 0.667. The quantitative estimate of drug-likeness (QED) is 0.847. The first-order valence-electron chi connectivity index (χ1n) is 6.05. The van der Waals surface area contributed by atoms with E-state index in [9.17, 15) is 9.50 Å². The lowest BCUT2D eigenvalue weighted by molar-refractivity contribution is 0.191. The Morgan fingerprint density at radius 1 is 1.50 bits per heavy atom. The van der Waals surface area contributed by atoms with Crippen LogP contribution in [0.1, 0.15) is 12.1 Å². The predicted molar refractivity (Wildman–Crippen MR) is 67.0 cm³/mol. The Hall–Kier alpha value is -1.27. The minimum atomic E-state index is -0.426. The van der Waals surface area contributed by atoms with E-state index in [1.165, 1.54) is 6.33 Å². The molecule has 2 rings (SSSR count). The zero-order chi connectivity index (χ0) is 13.3. The van der Waals surface area contributed by atoms with E-state index in [0.29, 0.717) is 24.5 Å². The largest absolute Gasteiger partial charge is 0.391 e. The number of likely N-dealkylation sites (N-methyl/N-ethyl adjacent to an activating group) is 1. The van der Waals surface area contributed by atoms with Gasteiger partial charge < -0.3 is 14.9 Å². The molecule has 0 saturated carbocycles. The molecule has 100 valence electrons. The first-order valence-corrected chi connectivity index (χ1v) is 6.05. The molecule has 2 unspecified atom stereocenters. The second-order valence-corrected chi connectivity index (χ2v) is 5.05. The summed E-state index contributed by atoms with van der Waals surface area (Å²) < 4.78 is 14.0. The van der Waals surface area contributed by atoms with E-state index >= 15 is 0 Å². The highest BCUT2D eigenvalue weighted by Crippen LogP contribution is 2.27. The van der Waals surface area contributed by atoms with Crippen LogP contribution in [0.15, 0.2) is 6.33 Å². The molecule has 1 saturated heterocycles. The average Bonchev–Trinajstić information content (AvgIpc) is 2.62. The first kappa shape index (κ1) is 13.2. The number of hydrogen-bond donors (Lipinski definition) is 1. The second kappa shape index (κ2) is 5.16. The molecule has 6 heteroatoms. The molecule has 18 heavy (non-hydrogen) atoms. The molecule has 1 fully saturated rings.